The highest BCUT2D eigenvalue weighted by atomic mass is 16.5. The van der Waals surface area contributed by atoms with E-state index >= 15 is 0 Å². The van der Waals surface area contributed by atoms with Gasteiger partial charge in [0.15, 0.2) is 5.65 Å². The number of piperidine rings is 1. The van der Waals surface area contributed by atoms with Crippen molar-refractivity contribution in [2.75, 3.05) is 55.7 Å². The van der Waals surface area contributed by atoms with E-state index in [0.717, 1.165) is 75.3 Å². The zero-order valence-electron chi connectivity index (χ0n) is 14.7. The van der Waals surface area contributed by atoms with E-state index in [2.05, 4.69) is 27.2 Å². The van der Waals surface area contributed by atoms with E-state index in [0.29, 0.717) is 6.04 Å². The highest BCUT2D eigenvalue weighted by molar-refractivity contribution is 5.60. The summed E-state index contributed by atoms with van der Waals surface area (Å²) in [6.07, 6.45) is 4.96. The van der Waals surface area contributed by atoms with Gasteiger partial charge < -0.3 is 19.9 Å². The SMILES string of the molecule is c1c(N2CCC2)nc2cc([C@@H]3CCCCN3)nn2c1N1CCOCC1. The Morgan fingerprint density at radius 2 is 1.88 bits per heavy atom. The Morgan fingerprint density at radius 3 is 2.60 bits per heavy atom. The fourth-order valence-electron chi connectivity index (χ4n) is 3.96. The Kier molecular flexibility index (Phi) is 3.98. The number of hydrogen-bond acceptors (Lipinski definition) is 6. The normalized spacial score (nSPS) is 24.6. The Labute approximate surface area is 148 Å². The maximum absolute atomic E-state index is 5.54. The summed E-state index contributed by atoms with van der Waals surface area (Å²) in [7, 11) is 0. The summed E-state index contributed by atoms with van der Waals surface area (Å²) in [5, 5.41) is 8.55. The minimum absolute atomic E-state index is 0.362. The van der Waals surface area contributed by atoms with E-state index in [1.54, 1.807) is 0 Å². The van der Waals surface area contributed by atoms with Crippen LogP contribution in [0.15, 0.2) is 12.1 Å². The molecule has 2 aromatic heterocycles. The second kappa shape index (κ2) is 6.46. The number of ether oxygens (including phenoxy) is 1. The van der Waals surface area contributed by atoms with E-state index in [1.807, 2.05) is 4.52 Å². The Balaban J connectivity index is 1.56. The van der Waals surface area contributed by atoms with E-state index in [-0.39, 0.29) is 0 Å². The number of rotatable bonds is 3. The second-order valence-corrected chi connectivity index (χ2v) is 7.25. The van der Waals surface area contributed by atoms with Crippen molar-refractivity contribution in [1.82, 2.24) is 19.9 Å². The van der Waals surface area contributed by atoms with Crippen molar-refractivity contribution in [2.24, 2.45) is 0 Å². The van der Waals surface area contributed by atoms with Crippen LogP contribution in [0.2, 0.25) is 0 Å². The molecule has 0 spiro atoms. The van der Waals surface area contributed by atoms with Gasteiger partial charge in [-0.1, -0.05) is 6.42 Å². The number of aromatic nitrogens is 3. The average Bonchev–Trinajstić information content (AvgIpc) is 3.05. The van der Waals surface area contributed by atoms with Crippen LogP contribution in [0.4, 0.5) is 11.6 Å². The lowest BCUT2D eigenvalue weighted by molar-refractivity contribution is 0.122. The third kappa shape index (κ3) is 2.85. The molecule has 0 unspecified atom stereocenters. The van der Waals surface area contributed by atoms with Gasteiger partial charge in [-0.05, 0) is 25.8 Å². The van der Waals surface area contributed by atoms with Crippen molar-refractivity contribution >= 4 is 17.3 Å². The summed E-state index contributed by atoms with van der Waals surface area (Å²) in [6, 6.07) is 4.75. The molecule has 1 atom stereocenters. The zero-order valence-corrected chi connectivity index (χ0v) is 14.7. The lowest BCUT2D eigenvalue weighted by atomic mass is 10.0. The molecule has 7 nitrogen and oxygen atoms in total. The van der Waals surface area contributed by atoms with Crippen LogP contribution in [-0.2, 0) is 4.74 Å². The number of morpholine rings is 1. The standard InChI is InChI=1S/C18H26N6O/c1-2-5-19-14(4-1)15-12-17-20-16(22-6-3-7-22)13-18(24(17)21-15)23-8-10-25-11-9-23/h12-14,19H,1-11H2/t14-/m0/s1. The summed E-state index contributed by atoms with van der Waals surface area (Å²) in [5.74, 6) is 2.24. The summed E-state index contributed by atoms with van der Waals surface area (Å²) in [4.78, 5) is 9.65. The first kappa shape index (κ1) is 15.4. The summed E-state index contributed by atoms with van der Waals surface area (Å²) in [6.45, 7) is 6.68. The number of nitrogens with zero attached hydrogens (tertiary/aromatic N) is 5. The van der Waals surface area contributed by atoms with Gasteiger partial charge in [0.25, 0.3) is 0 Å². The van der Waals surface area contributed by atoms with Crippen LogP contribution < -0.4 is 15.1 Å². The van der Waals surface area contributed by atoms with Crippen molar-refractivity contribution in [3.8, 4) is 0 Å². The molecule has 2 aromatic rings. The molecule has 0 radical (unpaired) electrons. The van der Waals surface area contributed by atoms with Gasteiger partial charge in [0.1, 0.15) is 11.6 Å². The van der Waals surface area contributed by atoms with Crippen LogP contribution in [0.5, 0.6) is 0 Å². The Hall–Kier alpha value is -1.86. The molecule has 3 aliphatic heterocycles. The van der Waals surface area contributed by atoms with Crippen LogP contribution in [0, 0.1) is 0 Å². The summed E-state index contributed by atoms with van der Waals surface area (Å²) >= 11 is 0. The maximum atomic E-state index is 5.54. The fourth-order valence-corrected chi connectivity index (χ4v) is 3.96. The molecule has 134 valence electrons. The molecule has 1 N–H and O–H groups in total. The lowest BCUT2D eigenvalue weighted by Crippen LogP contribution is -2.39. The van der Waals surface area contributed by atoms with E-state index in [1.165, 1.54) is 19.3 Å². The molecule has 5 rings (SSSR count). The van der Waals surface area contributed by atoms with Gasteiger partial charge in [0, 0.05) is 38.3 Å². The van der Waals surface area contributed by atoms with Crippen LogP contribution in [0.25, 0.3) is 5.65 Å². The molecule has 7 heteroatoms. The van der Waals surface area contributed by atoms with Crippen molar-refractivity contribution < 1.29 is 4.74 Å². The first-order valence-corrected chi connectivity index (χ1v) is 9.60. The van der Waals surface area contributed by atoms with Crippen LogP contribution >= 0.6 is 0 Å². The molecule has 5 heterocycles. The summed E-state index contributed by atoms with van der Waals surface area (Å²) < 4.78 is 7.58. The minimum atomic E-state index is 0.362. The number of hydrogen-bond donors (Lipinski definition) is 1. The predicted molar refractivity (Wildman–Crippen MR) is 97.4 cm³/mol. The number of anilines is 2. The molecule has 3 fully saturated rings. The fraction of sp³-hybridized carbons (Fsp3) is 0.667. The quantitative estimate of drug-likeness (QED) is 0.914. The van der Waals surface area contributed by atoms with Crippen molar-refractivity contribution in [2.45, 2.75) is 31.7 Å². The predicted octanol–water partition coefficient (Wildman–Crippen LogP) is 1.59. The largest absolute Gasteiger partial charge is 0.378 e. The van der Waals surface area contributed by atoms with E-state index in [9.17, 15) is 0 Å². The van der Waals surface area contributed by atoms with Crippen molar-refractivity contribution in [1.29, 1.82) is 0 Å². The van der Waals surface area contributed by atoms with Gasteiger partial charge in [-0.15, -0.1) is 0 Å². The molecular formula is C18H26N6O. The first-order chi connectivity index (χ1) is 12.4. The Morgan fingerprint density at radius 1 is 1.00 bits per heavy atom. The van der Waals surface area contributed by atoms with Gasteiger partial charge >= 0.3 is 0 Å². The first-order valence-electron chi connectivity index (χ1n) is 9.60. The highest BCUT2D eigenvalue weighted by Gasteiger charge is 2.24. The second-order valence-electron chi connectivity index (χ2n) is 7.25. The summed E-state index contributed by atoms with van der Waals surface area (Å²) in [5.41, 5.74) is 2.09. The average molecular weight is 342 g/mol. The van der Waals surface area contributed by atoms with Gasteiger partial charge in [-0.25, -0.2) is 4.98 Å². The van der Waals surface area contributed by atoms with E-state index < -0.39 is 0 Å². The minimum Gasteiger partial charge on any atom is -0.378 e. The zero-order chi connectivity index (χ0) is 16.6. The molecule has 3 saturated heterocycles. The lowest BCUT2D eigenvalue weighted by Gasteiger charge is -2.34. The topological polar surface area (TPSA) is 57.9 Å². The van der Waals surface area contributed by atoms with E-state index in [4.69, 9.17) is 14.8 Å². The number of fused-ring (bicyclic) bond motifs is 1. The van der Waals surface area contributed by atoms with Gasteiger partial charge in [-0.2, -0.15) is 9.61 Å². The third-order valence-electron chi connectivity index (χ3n) is 5.60. The van der Waals surface area contributed by atoms with Crippen LogP contribution in [-0.4, -0.2) is 60.5 Å². The molecular weight excluding hydrogens is 316 g/mol. The molecule has 0 aliphatic carbocycles. The Bertz CT molecular complexity index is 743. The highest BCUT2D eigenvalue weighted by Crippen LogP contribution is 2.29. The molecule has 0 bridgehead atoms. The molecule has 25 heavy (non-hydrogen) atoms. The molecule has 0 saturated carbocycles. The van der Waals surface area contributed by atoms with Crippen LogP contribution in [0.1, 0.15) is 37.4 Å². The third-order valence-corrected chi connectivity index (χ3v) is 5.60. The van der Waals surface area contributed by atoms with Gasteiger partial charge in [-0.3, -0.25) is 0 Å². The van der Waals surface area contributed by atoms with Crippen molar-refractivity contribution in [3.05, 3.63) is 17.8 Å². The molecule has 3 aliphatic rings. The van der Waals surface area contributed by atoms with Gasteiger partial charge in [0.05, 0.1) is 24.9 Å². The molecule has 0 amide bonds. The molecule has 0 aromatic carbocycles. The maximum Gasteiger partial charge on any atom is 0.160 e. The van der Waals surface area contributed by atoms with Gasteiger partial charge in [0.2, 0.25) is 0 Å². The number of nitrogens with one attached hydrogen (secondary N) is 1. The smallest absolute Gasteiger partial charge is 0.160 e. The van der Waals surface area contributed by atoms with Crippen LogP contribution in [0.3, 0.4) is 0 Å². The monoisotopic (exact) mass is 342 g/mol. The van der Waals surface area contributed by atoms with Crippen molar-refractivity contribution in [3.63, 3.8) is 0 Å².